The van der Waals surface area contributed by atoms with Gasteiger partial charge in [-0.15, -0.1) is 0 Å². The lowest BCUT2D eigenvalue weighted by molar-refractivity contribution is 0.959. The molecule has 4 N–H and O–H groups in total. The molecule has 0 aliphatic carbocycles. The molecule has 5 heteroatoms. The molecule has 1 aliphatic heterocycles. The van der Waals surface area contributed by atoms with E-state index in [4.69, 9.17) is 5.73 Å². The van der Waals surface area contributed by atoms with E-state index in [2.05, 4.69) is 31.6 Å². The van der Waals surface area contributed by atoms with Crippen molar-refractivity contribution in [2.75, 3.05) is 24.1 Å². The number of nitrogens with one attached hydrogen (secondary N) is 2. The van der Waals surface area contributed by atoms with Crippen LogP contribution in [-0.4, -0.2) is 19.0 Å². The molecule has 0 spiro atoms. The lowest BCUT2D eigenvalue weighted by Crippen LogP contribution is -2.26. The van der Waals surface area contributed by atoms with Crippen LogP contribution in [0, 0.1) is 0 Å². The minimum atomic E-state index is 0.731. The largest absolute Gasteiger partial charge is 0.399 e. The van der Waals surface area contributed by atoms with E-state index in [0.717, 1.165) is 34.9 Å². The standard InChI is InChI=1S/C9H11BrN4/c10-7-2-1-6(11)5-8(7)14-9-12-3-4-13-9/h1-2,5H,3-4,11H2,(H2,12,13,14). The first-order valence-corrected chi connectivity index (χ1v) is 5.15. The van der Waals surface area contributed by atoms with Crippen LogP contribution in [0.5, 0.6) is 0 Å². The van der Waals surface area contributed by atoms with Gasteiger partial charge in [-0.25, -0.2) is 0 Å². The predicted octanol–water partition coefficient (Wildman–Crippen LogP) is 1.40. The van der Waals surface area contributed by atoms with E-state index in [9.17, 15) is 0 Å². The van der Waals surface area contributed by atoms with E-state index in [-0.39, 0.29) is 0 Å². The van der Waals surface area contributed by atoms with Crippen molar-refractivity contribution in [3.05, 3.63) is 22.7 Å². The van der Waals surface area contributed by atoms with E-state index >= 15 is 0 Å². The fourth-order valence-electron chi connectivity index (χ4n) is 1.25. The zero-order chi connectivity index (χ0) is 9.97. The van der Waals surface area contributed by atoms with Gasteiger partial charge >= 0.3 is 0 Å². The lowest BCUT2D eigenvalue weighted by Gasteiger charge is -2.09. The molecule has 4 nitrogen and oxygen atoms in total. The maximum Gasteiger partial charge on any atom is 0.195 e. The highest BCUT2D eigenvalue weighted by atomic mass is 79.9. The average Bonchev–Trinajstić information content (AvgIpc) is 2.64. The van der Waals surface area contributed by atoms with Gasteiger partial charge in [-0.1, -0.05) is 0 Å². The van der Waals surface area contributed by atoms with Crippen LogP contribution in [0.4, 0.5) is 11.4 Å². The van der Waals surface area contributed by atoms with Crippen molar-refractivity contribution in [3.8, 4) is 0 Å². The van der Waals surface area contributed by atoms with Gasteiger partial charge < -0.3 is 16.4 Å². The van der Waals surface area contributed by atoms with Crippen LogP contribution in [0.1, 0.15) is 0 Å². The first-order valence-electron chi connectivity index (χ1n) is 4.36. The molecule has 14 heavy (non-hydrogen) atoms. The average molecular weight is 255 g/mol. The fraction of sp³-hybridized carbons (Fsp3) is 0.222. The summed E-state index contributed by atoms with van der Waals surface area (Å²) < 4.78 is 0.975. The molecule has 0 saturated heterocycles. The Bertz CT molecular complexity index is 375. The highest BCUT2D eigenvalue weighted by molar-refractivity contribution is 9.10. The molecule has 74 valence electrons. The molecule has 1 aromatic rings. The molecule has 0 unspecified atom stereocenters. The van der Waals surface area contributed by atoms with Gasteiger partial charge in [0.05, 0.1) is 12.2 Å². The Kier molecular flexibility index (Phi) is 2.58. The van der Waals surface area contributed by atoms with Gasteiger partial charge in [0.2, 0.25) is 0 Å². The summed E-state index contributed by atoms with van der Waals surface area (Å²) in [4.78, 5) is 4.23. The van der Waals surface area contributed by atoms with Gasteiger partial charge in [0.15, 0.2) is 5.96 Å². The second-order valence-corrected chi connectivity index (χ2v) is 3.88. The van der Waals surface area contributed by atoms with Gasteiger partial charge in [0.1, 0.15) is 0 Å². The molecule has 0 fully saturated rings. The van der Waals surface area contributed by atoms with Crippen molar-refractivity contribution in [1.82, 2.24) is 5.32 Å². The van der Waals surface area contributed by atoms with Crippen molar-refractivity contribution in [2.24, 2.45) is 4.99 Å². The molecule has 0 saturated carbocycles. The van der Waals surface area contributed by atoms with Crippen LogP contribution < -0.4 is 16.4 Å². The molecule has 0 atom stereocenters. The van der Waals surface area contributed by atoms with E-state index in [1.54, 1.807) is 0 Å². The van der Waals surface area contributed by atoms with Crippen LogP contribution in [0.3, 0.4) is 0 Å². The summed E-state index contributed by atoms with van der Waals surface area (Å²) in [5, 5.41) is 6.29. The van der Waals surface area contributed by atoms with E-state index in [1.807, 2.05) is 18.2 Å². The molecular weight excluding hydrogens is 244 g/mol. The smallest absolute Gasteiger partial charge is 0.195 e. The summed E-state index contributed by atoms with van der Waals surface area (Å²) in [7, 11) is 0. The number of aliphatic imine (C=N–C) groups is 1. The Morgan fingerprint density at radius 2 is 2.36 bits per heavy atom. The highest BCUT2D eigenvalue weighted by Crippen LogP contribution is 2.24. The molecule has 0 radical (unpaired) electrons. The Morgan fingerprint density at radius 1 is 1.50 bits per heavy atom. The van der Waals surface area contributed by atoms with Crippen molar-refractivity contribution in [3.63, 3.8) is 0 Å². The molecule has 0 amide bonds. The van der Waals surface area contributed by atoms with Crippen LogP contribution in [0.2, 0.25) is 0 Å². The molecule has 1 aromatic carbocycles. The summed E-state index contributed by atoms with van der Waals surface area (Å²) in [6.07, 6.45) is 0. The van der Waals surface area contributed by atoms with Gasteiger partial charge in [0.25, 0.3) is 0 Å². The minimum absolute atomic E-state index is 0.731. The number of hydrogen-bond acceptors (Lipinski definition) is 4. The Labute approximate surface area is 90.7 Å². The van der Waals surface area contributed by atoms with Crippen molar-refractivity contribution in [2.45, 2.75) is 0 Å². The zero-order valence-corrected chi connectivity index (χ0v) is 9.13. The van der Waals surface area contributed by atoms with E-state index in [0.29, 0.717) is 0 Å². The van der Waals surface area contributed by atoms with Gasteiger partial charge in [-0.3, -0.25) is 4.99 Å². The topological polar surface area (TPSA) is 62.4 Å². The number of nitrogen functional groups attached to an aromatic ring is 1. The Morgan fingerprint density at radius 3 is 3.07 bits per heavy atom. The number of guanidine groups is 1. The number of rotatable bonds is 1. The number of benzene rings is 1. The third-order valence-electron chi connectivity index (χ3n) is 1.92. The maximum absolute atomic E-state index is 5.68. The van der Waals surface area contributed by atoms with Crippen molar-refractivity contribution < 1.29 is 0 Å². The second-order valence-electron chi connectivity index (χ2n) is 3.02. The first-order chi connectivity index (χ1) is 6.75. The van der Waals surface area contributed by atoms with Crippen molar-refractivity contribution >= 4 is 33.3 Å². The SMILES string of the molecule is Nc1ccc(Br)c(NC2=NCCN2)c1. The van der Waals surface area contributed by atoms with Crippen LogP contribution in [0.15, 0.2) is 27.7 Å². The van der Waals surface area contributed by atoms with Crippen LogP contribution in [-0.2, 0) is 0 Å². The Hall–Kier alpha value is -1.23. The molecular formula is C9H11BrN4. The van der Waals surface area contributed by atoms with Crippen molar-refractivity contribution in [1.29, 1.82) is 0 Å². The quantitative estimate of drug-likeness (QED) is 0.665. The number of anilines is 2. The normalized spacial score (nSPS) is 14.8. The summed E-state index contributed by atoms with van der Waals surface area (Å²) in [5.74, 6) is 0.802. The molecule has 1 heterocycles. The van der Waals surface area contributed by atoms with Gasteiger partial charge in [-0.2, -0.15) is 0 Å². The third kappa shape index (κ3) is 1.98. The molecule has 2 rings (SSSR count). The number of halogens is 1. The molecule has 0 aromatic heterocycles. The molecule has 1 aliphatic rings. The van der Waals surface area contributed by atoms with Crippen LogP contribution in [0.25, 0.3) is 0 Å². The maximum atomic E-state index is 5.68. The second kappa shape index (κ2) is 3.88. The Balaban J connectivity index is 2.19. The fourth-order valence-corrected chi connectivity index (χ4v) is 1.59. The van der Waals surface area contributed by atoms with Crippen LogP contribution >= 0.6 is 15.9 Å². The van der Waals surface area contributed by atoms with E-state index in [1.165, 1.54) is 0 Å². The lowest BCUT2D eigenvalue weighted by atomic mass is 10.3. The summed E-state index contributed by atoms with van der Waals surface area (Å²) >= 11 is 3.44. The van der Waals surface area contributed by atoms with Gasteiger partial charge in [0, 0.05) is 16.7 Å². The van der Waals surface area contributed by atoms with Gasteiger partial charge in [-0.05, 0) is 34.1 Å². The first kappa shape index (κ1) is 9.33. The minimum Gasteiger partial charge on any atom is -0.399 e. The summed E-state index contributed by atoms with van der Waals surface area (Å²) in [6.45, 7) is 1.71. The van der Waals surface area contributed by atoms with E-state index < -0.39 is 0 Å². The number of hydrogen-bond donors (Lipinski definition) is 3. The summed E-state index contributed by atoms with van der Waals surface area (Å²) in [6, 6.07) is 5.62. The predicted molar refractivity (Wildman–Crippen MR) is 62.5 cm³/mol. The number of nitrogens with zero attached hydrogens (tertiary/aromatic N) is 1. The summed E-state index contributed by atoms with van der Waals surface area (Å²) in [5.41, 5.74) is 7.34. The number of nitrogens with two attached hydrogens (primary N) is 1. The highest BCUT2D eigenvalue weighted by Gasteiger charge is 2.07. The molecule has 0 bridgehead atoms. The monoisotopic (exact) mass is 254 g/mol. The third-order valence-corrected chi connectivity index (χ3v) is 2.61. The zero-order valence-electron chi connectivity index (χ0n) is 7.55.